The van der Waals surface area contributed by atoms with Gasteiger partial charge in [-0.1, -0.05) is 0 Å². The summed E-state index contributed by atoms with van der Waals surface area (Å²) in [6.07, 6.45) is 2.00. The summed E-state index contributed by atoms with van der Waals surface area (Å²) >= 11 is 0. The highest BCUT2D eigenvalue weighted by Crippen LogP contribution is 2.21. The molecule has 0 fully saturated rings. The third kappa shape index (κ3) is 2.43. The summed E-state index contributed by atoms with van der Waals surface area (Å²) in [5, 5.41) is 8.70. The third-order valence-corrected chi connectivity index (χ3v) is 2.17. The first-order valence-electron chi connectivity index (χ1n) is 5.63. The fourth-order valence-corrected chi connectivity index (χ4v) is 1.43. The molecule has 18 heavy (non-hydrogen) atoms. The largest absolute Gasteiger partial charge is 0.476 e. The lowest BCUT2D eigenvalue weighted by Gasteiger charge is -2.06. The number of hydrogen-bond donors (Lipinski definition) is 2. The molecule has 3 N–H and O–H groups in total. The van der Waals surface area contributed by atoms with Crippen molar-refractivity contribution in [3.63, 3.8) is 0 Å². The van der Waals surface area contributed by atoms with Crippen LogP contribution in [0.4, 0.5) is 5.95 Å². The highest BCUT2D eigenvalue weighted by molar-refractivity contribution is 5.77. The van der Waals surface area contributed by atoms with Crippen LogP contribution in [0.2, 0.25) is 0 Å². The first kappa shape index (κ1) is 12.4. The zero-order chi connectivity index (χ0) is 13.0. The van der Waals surface area contributed by atoms with E-state index < -0.39 is 0 Å². The van der Waals surface area contributed by atoms with E-state index in [2.05, 4.69) is 15.0 Å². The van der Waals surface area contributed by atoms with Crippen molar-refractivity contribution in [2.45, 2.75) is 13.3 Å². The second-order valence-electron chi connectivity index (χ2n) is 3.47. The minimum atomic E-state index is 0.0634. The van der Waals surface area contributed by atoms with E-state index >= 15 is 0 Å². The van der Waals surface area contributed by atoms with Gasteiger partial charge >= 0.3 is 0 Å². The molecule has 0 saturated carbocycles. The second kappa shape index (κ2) is 5.50. The summed E-state index contributed by atoms with van der Waals surface area (Å²) in [6, 6.07) is 0. The summed E-state index contributed by atoms with van der Waals surface area (Å²) in [5.74, 6) is 0.433. The predicted molar refractivity (Wildman–Crippen MR) is 64.1 cm³/mol. The van der Waals surface area contributed by atoms with Crippen molar-refractivity contribution in [2.24, 2.45) is 0 Å². The van der Waals surface area contributed by atoms with Crippen molar-refractivity contribution in [3.05, 3.63) is 6.33 Å². The van der Waals surface area contributed by atoms with E-state index in [1.54, 1.807) is 0 Å². The van der Waals surface area contributed by atoms with E-state index in [9.17, 15) is 0 Å². The standard InChI is InChI=1S/C10H15N5O3/c1-2-17-9-7-8(13-10(11)14-9)15(6-12-7)18-5-3-4-16/h6,16H,2-5H2,1H3,(H2,11,13,14). The first-order chi connectivity index (χ1) is 8.76. The van der Waals surface area contributed by atoms with Crippen molar-refractivity contribution in [3.8, 4) is 5.88 Å². The Morgan fingerprint density at radius 2 is 2.28 bits per heavy atom. The van der Waals surface area contributed by atoms with Crippen LogP contribution >= 0.6 is 0 Å². The van der Waals surface area contributed by atoms with E-state index in [1.165, 1.54) is 11.1 Å². The lowest BCUT2D eigenvalue weighted by atomic mass is 10.5. The summed E-state index contributed by atoms with van der Waals surface area (Å²) in [4.78, 5) is 17.5. The molecular weight excluding hydrogens is 238 g/mol. The van der Waals surface area contributed by atoms with E-state index in [1.807, 2.05) is 6.92 Å². The SMILES string of the molecule is CCOc1nc(N)nc2c1ncn2OCCCO. The smallest absolute Gasteiger partial charge is 0.247 e. The lowest BCUT2D eigenvalue weighted by molar-refractivity contribution is 0.102. The summed E-state index contributed by atoms with van der Waals surface area (Å²) in [7, 11) is 0. The maximum atomic E-state index is 8.70. The van der Waals surface area contributed by atoms with Crippen molar-refractivity contribution in [1.82, 2.24) is 19.7 Å². The van der Waals surface area contributed by atoms with Gasteiger partial charge in [0.05, 0.1) is 6.61 Å². The van der Waals surface area contributed by atoms with Gasteiger partial charge < -0.3 is 20.4 Å². The number of aliphatic hydroxyl groups is 1. The van der Waals surface area contributed by atoms with E-state index in [4.69, 9.17) is 20.4 Å². The van der Waals surface area contributed by atoms with Crippen LogP contribution in [0.15, 0.2) is 6.33 Å². The van der Waals surface area contributed by atoms with Gasteiger partial charge in [0.15, 0.2) is 5.52 Å². The Bertz CT molecular complexity index is 527. The number of fused-ring (bicyclic) bond motifs is 1. The molecule has 0 aliphatic carbocycles. The molecule has 0 atom stereocenters. The number of ether oxygens (including phenoxy) is 1. The van der Waals surface area contributed by atoms with Crippen molar-refractivity contribution >= 4 is 17.1 Å². The van der Waals surface area contributed by atoms with Crippen LogP contribution in [0, 0.1) is 0 Å². The van der Waals surface area contributed by atoms with Crippen molar-refractivity contribution < 1.29 is 14.7 Å². The number of nitrogens with two attached hydrogens (primary N) is 1. The average molecular weight is 253 g/mol. The molecule has 0 bridgehead atoms. The Kier molecular flexibility index (Phi) is 3.78. The van der Waals surface area contributed by atoms with Crippen LogP contribution in [0.5, 0.6) is 5.88 Å². The average Bonchev–Trinajstić information content (AvgIpc) is 2.73. The Labute approximate surface area is 103 Å². The molecule has 0 aromatic carbocycles. The molecule has 0 amide bonds. The molecule has 2 rings (SSSR count). The molecule has 0 spiro atoms. The number of imidazole rings is 1. The normalized spacial score (nSPS) is 10.8. The third-order valence-electron chi connectivity index (χ3n) is 2.17. The lowest BCUT2D eigenvalue weighted by Crippen LogP contribution is -2.13. The molecule has 0 unspecified atom stereocenters. The first-order valence-corrected chi connectivity index (χ1v) is 5.63. The Morgan fingerprint density at radius 1 is 1.44 bits per heavy atom. The molecule has 0 radical (unpaired) electrons. The van der Waals surface area contributed by atoms with Gasteiger partial charge in [-0.05, 0) is 6.92 Å². The van der Waals surface area contributed by atoms with Gasteiger partial charge in [-0.2, -0.15) is 14.7 Å². The second-order valence-corrected chi connectivity index (χ2v) is 3.47. The topological polar surface area (TPSA) is 108 Å². The number of aromatic nitrogens is 4. The van der Waals surface area contributed by atoms with E-state index in [0.29, 0.717) is 36.7 Å². The van der Waals surface area contributed by atoms with Crippen LogP contribution in [-0.4, -0.2) is 44.6 Å². The molecule has 0 saturated heterocycles. The monoisotopic (exact) mass is 253 g/mol. The fraction of sp³-hybridized carbons (Fsp3) is 0.500. The highest BCUT2D eigenvalue weighted by atomic mass is 16.7. The maximum absolute atomic E-state index is 8.70. The van der Waals surface area contributed by atoms with E-state index in [0.717, 1.165) is 0 Å². The number of anilines is 1. The van der Waals surface area contributed by atoms with Crippen LogP contribution in [0.1, 0.15) is 13.3 Å². The number of hydrogen-bond acceptors (Lipinski definition) is 7. The molecule has 0 aliphatic rings. The van der Waals surface area contributed by atoms with Gasteiger partial charge in [0, 0.05) is 13.0 Å². The van der Waals surface area contributed by atoms with Gasteiger partial charge in [0.2, 0.25) is 17.5 Å². The maximum Gasteiger partial charge on any atom is 0.247 e. The van der Waals surface area contributed by atoms with Crippen molar-refractivity contribution in [1.29, 1.82) is 0 Å². The number of rotatable bonds is 6. The Morgan fingerprint density at radius 3 is 3.00 bits per heavy atom. The molecule has 8 heteroatoms. The minimum Gasteiger partial charge on any atom is -0.476 e. The number of nitrogens with zero attached hydrogens (tertiary/aromatic N) is 4. The van der Waals surface area contributed by atoms with Gasteiger partial charge in [0.25, 0.3) is 0 Å². The summed E-state index contributed by atoms with van der Waals surface area (Å²) < 4.78 is 6.73. The zero-order valence-electron chi connectivity index (χ0n) is 10.0. The Hall–Kier alpha value is -2.09. The summed E-state index contributed by atoms with van der Waals surface area (Å²) in [6.45, 7) is 2.73. The van der Waals surface area contributed by atoms with Crippen LogP contribution in [0.3, 0.4) is 0 Å². The van der Waals surface area contributed by atoms with Gasteiger partial charge in [0.1, 0.15) is 12.9 Å². The molecule has 98 valence electrons. The zero-order valence-corrected chi connectivity index (χ0v) is 10.0. The molecule has 8 nitrogen and oxygen atoms in total. The molecule has 0 aliphatic heterocycles. The summed E-state index contributed by atoms with van der Waals surface area (Å²) in [5.41, 5.74) is 6.54. The number of aliphatic hydroxyl groups excluding tert-OH is 1. The van der Waals surface area contributed by atoms with Gasteiger partial charge in [-0.25, -0.2) is 4.98 Å². The highest BCUT2D eigenvalue weighted by Gasteiger charge is 2.13. The van der Waals surface area contributed by atoms with Gasteiger partial charge in [-0.15, -0.1) is 0 Å². The molecule has 2 heterocycles. The van der Waals surface area contributed by atoms with Crippen LogP contribution in [0.25, 0.3) is 11.2 Å². The number of nitrogen functional groups attached to an aromatic ring is 1. The fourth-order valence-electron chi connectivity index (χ4n) is 1.43. The molecule has 2 aromatic rings. The van der Waals surface area contributed by atoms with Crippen molar-refractivity contribution in [2.75, 3.05) is 25.6 Å². The molecule has 2 aromatic heterocycles. The predicted octanol–water partition coefficient (Wildman–Crippen LogP) is -0.382. The van der Waals surface area contributed by atoms with Crippen LogP contribution in [-0.2, 0) is 0 Å². The Balaban J connectivity index is 2.33. The van der Waals surface area contributed by atoms with Gasteiger partial charge in [-0.3, -0.25) is 0 Å². The molecular formula is C10H15N5O3. The van der Waals surface area contributed by atoms with E-state index in [-0.39, 0.29) is 12.6 Å². The quantitative estimate of drug-likeness (QED) is 0.675. The van der Waals surface area contributed by atoms with Crippen LogP contribution < -0.4 is 15.3 Å². The minimum absolute atomic E-state index is 0.0634.